The number of allylic oxidation sites excluding steroid dienone is 3. The summed E-state index contributed by atoms with van der Waals surface area (Å²) in [4.78, 5) is 2.48. The lowest BCUT2D eigenvalue weighted by molar-refractivity contribution is 0.456. The molecule has 20 heavy (non-hydrogen) atoms. The van der Waals surface area contributed by atoms with Gasteiger partial charge in [-0.15, -0.1) is 0 Å². The van der Waals surface area contributed by atoms with E-state index in [9.17, 15) is 0 Å². The predicted molar refractivity (Wildman–Crippen MR) is 85.6 cm³/mol. The number of hydrogen-bond donors (Lipinski definition) is 0. The average Bonchev–Trinajstić information content (AvgIpc) is 2.59. The van der Waals surface area contributed by atoms with Crippen LogP contribution in [-0.4, -0.2) is 6.04 Å². The van der Waals surface area contributed by atoms with E-state index in [4.69, 9.17) is 0 Å². The quantitative estimate of drug-likeness (QED) is 0.678. The molecule has 1 aliphatic carbocycles. The second-order valence-electron chi connectivity index (χ2n) is 6.28. The topological polar surface area (TPSA) is 3.24 Å². The van der Waals surface area contributed by atoms with Crippen molar-refractivity contribution in [3.05, 3.63) is 53.3 Å². The van der Waals surface area contributed by atoms with Gasteiger partial charge in [0.15, 0.2) is 0 Å². The monoisotopic (exact) mass is 263 g/mol. The van der Waals surface area contributed by atoms with Crippen LogP contribution in [0, 0.1) is 11.8 Å². The number of para-hydroxylation sites is 1. The van der Waals surface area contributed by atoms with Crippen molar-refractivity contribution in [2.45, 2.75) is 45.6 Å². The minimum Gasteiger partial charge on any atom is -0.338 e. The summed E-state index contributed by atoms with van der Waals surface area (Å²) < 4.78 is 0. The molecule has 1 aromatic rings. The van der Waals surface area contributed by atoms with Crippen LogP contribution in [-0.2, 0) is 5.41 Å². The standard InChI is InChI=1S/C19H21N/c1-14-10-6-5-7-12-17(14)20-15(2)19(3,4)16-11-8-9-13-18(16)20/h7-9,11-13,15H,10H2,1-4H3/t15-/m0/s1. The van der Waals surface area contributed by atoms with E-state index in [1.54, 1.807) is 0 Å². The van der Waals surface area contributed by atoms with Crippen LogP contribution >= 0.6 is 0 Å². The molecule has 0 spiro atoms. The molecule has 0 unspecified atom stereocenters. The number of rotatable bonds is 1. The summed E-state index contributed by atoms with van der Waals surface area (Å²) in [5, 5.41) is 0. The van der Waals surface area contributed by atoms with Gasteiger partial charge in [0.05, 0.1) is 0 Å². The van der Waals surface area contributed by atoms with Crippen LogP contribution in [0.5, 0.6) is 0 Å². The summed E-state index contributed by atoms with van der Waals surface area (Å²) in [6.07, 6.45) is 5.00. The number of benzene rings is 1. The third kappa shape index (κ3) is 1.79. The predicted octanol–water partition coefficient (Wildman–Crippen LogP) is 4.41. The van der Waals surface area contributed by atoms with Crippen molar-refractivity contribution in [2.75, 3.05) is 4.90 Å². The van der Waals surface area contributed by atoms with Gasteiger partial charge in [0.2, 0.25) is 0 Å². The van der Waals surface area contributed by atoms with Gasteiger partial charge in [-0.3, -0.25) is 0 Å². The van der Waals surface area contributed by atoms with Crippen LogP contribution in [0.1, 0.15) is 39.7 Å². The first-order chi connectivity index (χ1) is 9.53. The Labute approximate surface area is 122 Å². The van der Waals surface area contributed by atoms with E-state index in [1.807, 2.05) is 6.08 Å². The van der Waals surface area contributed by atoms with Crippen LogP contribution in [0.3, 0.4) is 0 Å². The van der Waals surface area contributed by atoms with Gasteiger partial charge in [-0.2, -0.15) is 0 Å². The molecule has 1 heteroatoms. The molecule has 0 saturated heterocycles. The summed E-state index contributed by atoms with van der Waals surface area (Å²) in [5.74, 6) is 6.28. The number of hydrogen-bond acceptors (Lipinski definition) is 1. The Morgan fingerprint density at radius 2 is 2.00 bits per heavy atom. The van der Waals surface area contributed by atoms with Gasteiger partial charge in [0.25, 0.3) is 0 Å². The molecule has 1 atom stereocenters. The van der Waals surface area contributed by atoms with Gasteiger partial charge in [-0.05, 0) is 43.2 Å². The zero-order valence-electron chi connectivity index (χ0n) is 12.7. The van der Waals surface area contributed by atoms with E-state index in [0.717, 1.165) is 6.42 Å². The maximum atomic E-state index is 3.19. The summed E-state index contributed by atoms with van der Waals surface area (Å²) in [5.41, 5.74) is 5.58. The molecule has 0 saturated carbocycles. The molecule has 0 amide bonds. The minimum atomic E-state index is 0.158. The first-order valence-corrected chi connectivity index (χ1v) is 7.27. The molecule has 0 N–H and O–H groups in total. The highest BCUT2D eigenvalue weighted by atomic mass is 15.2. The second-order valence-corrected chi connectivity index (χ2v) is 6.28. The fourth-order valence-corrected chi connectivity index (χ4v) is 3.21. The zero-order chi connectivity index (χ0) is 14.3. The van der Waals surface area contributed by atoms with Crippen LogP contribution in [0.4, 0.5) is 5.69 Å². The highest BCUT2D eigenvalue weighted by Crippen LogP contribution is 2.47. The lowest BCUT2D eigenvalue weighted by Crippen LogP contribution is -2.38. The summed E-state index contributed by atoms with van der Waals surface area (Å²) >= 11 is 0. The average molecular weight is 263 g/mol. The third-order valence-electron chi connectivity index (χ3n) is 4.77. The molecule has 0 aromatic heterocycles. The molecule has 3 rings (SSSR count). The molecular weight excluding hydrogens is 242 g/mol. The first kappa shape index (κ1) is 13.1. The van der Waals surface area contributed by atoms with E-state index in [1.165, 1.54) is 22.5 Å². The Hall–Kier alpha value is -1.94. The molecule has 1 heterocycles. The lowest BCUT2D eigenvalue weighted by Gasteiger charge is -2.33. The van der Waals surface area contributed by atoms with Gasteiger partial charge in [-0.1, -0.05) is 43.9 Å². The van der Waals surface area contributed by atoms with Crippen molar-refractivity contribution in [1.29, 1.82) is 0 Å². The van der Waals surface area contributed by atoms with Gasteiger partial charge >= 0.3 is 0 Å². The molecule has 1 aromatic carbocycles. The fraction of sp³-hybridized carbons (Fsp3) is 0.368. The largest absolute Gasteiger partial charge is 0.338 e. The SMILES string of the molecule is CC1=C(N2c3ccccc3C(C)(C)[C@@H]2C)C=CC#CC1. The zero-order valence-corrected chi connectivity index (χ0v) is 12.7. The van der Waals surface area contributed by atoms with Crippen molar-refractivity contribution in [1.82, 2.24) is 0 Å². The Morgan fingerprint density at radius 1 is 1.25 bits per heavy atom. The maximum Gasteiger partial charge on any atom is 0.0452 e. The maximum absolute atomic E-state index is 3.19. The van der Waals surface area contributed by atoms with E-state index >= 15 is 0 Å². The molecule has 1 aliphatic heterocycles. The smallest absolute Gasteiger partial charge is 0.0452 e. The summed E-state index contributed by atoms with van der Waals surface area (Å²) in [6, 6.07) is 9.21. The Balaban J connectivity index is 2.16. The van der Waals surface area contributed by atoms with E-state index < -0.39 is 0 Å². The summed E-state index contributed by atoms with van der Waals surface area (Å²) in [7, 11) is 0. The molecule has 2 aliphatic rings. The van der Waals surface area contributed by atoms with Crippen molar-refractivity contribution >= 4 is 5.69 Å². The molecule has 0 bridgehead atoms. The van der Waals surface area contributed by atoms with E-state index in [-0.39, 0.29) is 5.41 Å². The normalized spacial score (nSPS) is 23.2. The third-order valence-corrected chi connectivity index (χ3v) is 4.77. The lowest BCUT2D eigenvalue weighted by atomic mass is 9.81. The fourth-order valence-electron chi connectivity index (χ4n) is 3.21. The van der Waals surface area contributed by atoms with Gasteiger partial charge < -0.3 is 4.90 Å². The number of nitrogens with zero attached hydrogens (tertiary/aromatic N) is 1. The minimum absolute atomic E-state index is 0.158. The highest BCUT2D eigenvalue weighted by molar-refractivity contribution is 5.69. The molecule has 1 nitrogen and oxygen atoms in total. The van der Waals surface area contributed by atoms with E-state index in [0.29, 0.717) is 6.04 Å². The molecule has 102 valence electrons. The van der Waals surface area contributed by atoms with Crippen LogP contribution in [0.25, 0.3) is 0 Å². The number of anilines is 1. The van der Waals surface area contributed by atoms with E-state index in [2.05, 4.69) is 74.8 Å². The Morgan fingerprint density at radius 3 is 2.80 bits per heavy atom. The van der Waals surface area contributed by atoms with Crippen LogP contribution < -0.4 is 4.90 Å². The molecule has 0 radical (unpaired) electrons. The van der Waals surface area contributed by atoms with Gasteiger partial charge in [0.1, 0.15) is 0 Å². The van der Waals surface area contributed by atoms with Crippen molar-refractivity contribution in [2.24, 2.45) is 0 Å². The van der Waals surface area contributed by atoms with Gasteiger partial charge in [-0.25, -0.2) is 0 Å². The van der Waals surface area contributed by atoms with Crippen molar-refractivity contribution in [3.8, 4) is 11.8 Å². The van der Waals surface area contributed by atoms with Crippen LogP contribution in [0.2, 0.25) is 0 Å². The number of fused-ring (bicyclic) bond motifs is 1. The van der Waals surface area contributed by atoms with Crippen molar-refractivity contribution in [3.63, 3.8) is 0 Å². The van der Waals surface area contributed by atoms with Gasteiger partial charge in [0, 0.05) is 29.3 Å². The first-order valence-electron chi connectivity index (χ1n) is 7.27. The second kappa shape index (κ2) is 4.56. The molecule has 0 fully saturated rings. The van der Waals surface area contributed by atoms with Crippen molar-refractivity contribution < 1.29 is 0 Å². The Kier molecular flexibility index (Phi) is 2.98. The summed E-state index contributed by atoms with van der Waals surface area (Å²) in [6.45, 7) is 9.19. The van der Waals surface area contributed by atoms with Crippen LogP contribution in [0.15, 0.2) is 47.7 Å². The molecular formula is C19H21N. The highest BCUT2D eigenvalue weighted by Gasteiger charge is 2.42. The Bertz CT molecular complexity index is 664.